The van der Waals surface area contributed by atoms with Crippen LogP contribution in [0.15, 0.2) is 42.5 Å². The van der Waals surface area contributed by atoms with Crippen LogP contribution in [0.2, 0.25) is 0 Å². The molecule has 3 nitrogen and oxygen atoms in total. The minimum Gasteiger partial charge on any atom is -0.384 e. The van der Waals surface area contributed by atoms with E-state index in [0.717, 1.165) is 44.5 Å². The fourth-order valence-electron chi connectivity index (χ4n) is 4.03. The zero-order chi connectivity index (χ0) is 17.2. The van der Waals surface area contributed by atoms with Crippen LogP contribution < -0.4 is 5.32 Å². The summed E-state index contributed by atoms with van der Waals surface area (Å²) in [5, 5.41) is 3.53. The van der Waals surface area contributed by atoms with Gasteiger partial charge in [-0.05, 0) is 55.1 Å². The molecule has 0 amide bonds. The number of benzene rings is 2. The number of hydrogen-bond acceptors (Lipinski definition) is 3. The van der Waals surface area contributed by atoms with Crippen molar-refractivity contribution in [3.63, 3.8) is 0 Å². The number of halogens is 1. The Balaban J connectivity index is 1.44. The minimum atomic E-state index is -0.196. The Kier molecular flexibility index (Phi) is 4.73. The summed E-state index contributed by atoms with van der Waals surface area (Å²) in [5.41, 5.74) is 5.21. The molecule has 2 aliphatic rings. The SMILES string of the molecule is CN(Cc1cccc2c1NCC2)C1CCOC(c2ccc(F)cc2)C1. The molecule has 1 saturated heterocycles. The summed E-state index contributed by atoms with van der Waals surface area (Å²) < 4.78 is 19.1. The third-order valence-corrected chi connectivity index (χ3v) is 5.47. The number of nitrogens with one attached hydrogen (secondary N) is 1. The van der Waals surface area contributed by atoms with E-state index in [-0.39, 0.29) is 11.9 Å². The van der Waals surface area contributed by atoms with Gasteiger partial charge in [0.1, 0.15) is 5.82 Å². The molecule has 2 atom stereocenters. The van der Waals surface area contributed by atoms with Gasteiger partial charge in [0.05, 0.1) is 6.10 Å². The fraction of sp³-hybridized carbons (Fsp3) is 0.429. The molecule has 0 aliphatic carbocycles. The zero-order valence-corrected chi connectivity index (χ0v) is 14.7. The Labute approximate surface area is 148 Å². The number of hydrogen-bond donors (Lipinski definition) is 1. The van der Waals surface area contributed by atoms with Crippen LogP contribution in [0.5, 0.6) is 0 Å². The first kappa shape index (κ1) is 16.6. The molecule has 132 valence electrons. The van der Waals surface area contributed by atoms with Crippen molar-refractivity contribution in [2.45, 2.75) is 38.0 Å². The van der Waals surface area contributed by atoms with Gasteiger partial charge in [0, 0.05) is 31.4 Å². The molecule has 0 spiro atoms. The third-order valence-electron chi connectivity index (χ3n) is 5.47. The summed E-state index contributed by atoms with van der Waals surface area (Å²) in [4.78, 5) is 2.44. The maximum absolute atomic E-state index is 13.2. The average Bonchev–Trinajstić information content (AvgIpc) is 3.12. The molecule has 2 aromatic carbocycles. The molecule has 0 saturated carbocycles. The van der Waals surface area contributed by atoms with Crippen molar-refractivity contribution < 1.29 is 9.13 Å². The summed E-state index contributed by atoms with van der Waals surface area (Å²) in [5.74, 6) is -0.196. The molecule has 2 unspecified atom stereocenters. The first-order chi connectivity index (χ1) is 12.2. The van der Waals surface area contributed by atoms with Crippen LogP contribution in [0.1, 0.15) is 35.6 Å². The van der Waals surface area contributed by atoms with Crippen LogP contribution in [0.3, 0.4) is 0 Å². The lowest BCUT2D eigenvalue weighted by Crippen LogP contribution is -2.37. The predicted octanol–water partition coefficient (Wildman–Crippen LogP) is 4.15. The van der Waals surface area contributed by atoms with Crippen molar-refractivity contribution in [2.75, 3.05) is 25.5 Å². The second-order valence-corrected chi connectivity index (χ2v) is 7.13. The zero-order valence-electron chi connectivity index (χ0n) is 14.7. The number of nitrogens with zero attached hydrogens (tertiary/aromatic N) is 1. The Bertz CT molecular complexity index is 731. The smallest absolute Gasteiger partial charge is 0.123 e. The highest BCUT2D eigenvalue weighted by molar-refractivity contribution is 5.61. The Hall–Kier alpha value is -1.91. The van der Waals surface area contributed by atoms with E-state index in [1.165, 1.54) is 28.9 Å². The van der Waals surface area contributed by atoms with Crippen molar-refractivity contribution in [1.29, 1.82) is 0 Å². The van der Waals surface area contributed by atoms with Gasteiger partial charge < -0.3 is 10.1 Å². The molecule has 4 rings (SSSR count). The lowest BCUT2D eigenvalue weighted by atomic mass is 9.96. The predicted molar refractivity (Wildman–Crippen MR) is 98.2 cm³/mol. The van der Waals surface area contributed by atoms with Crippen LogP contribution >= 0.6 is 0 Å². The highest BCUT2D eigenvalue weighted by Crippen LogP contribution is 2.32. The maximum atomic E-state index is 13.2. The van der Waals surface area contributed by atoms with E-state index in [4.69, 9.17) is 4.74 Å². The molecule has 0 bridgehead atoms. The van der Waals surface area contributed by atoms with Gasteiger partial charge in [-0.25, -0.2) is 4.39 Å². The van der Waals surface area contributed by atoms with E-state index in [0.29, 0.717) is 6.04 Å². The first-order valence-corrected chi connectivity index (χ1v) is 9.12. The molecular formula is C21H25FN2O. The Morgan fingerprint density at radius 2 is 2.04 bits per heavy atom. The highest BCUT2D eigenvalue weighted by atomic mass is 19.1. The van der Waals surface area contributed by atoms with Crippen LogP contribution in [0.4, 0.5) is 10.1 Å². The number of fused-ring (bicyclic) bond motifs is 1. The molecular weight excluding hydrogens is 315 g/mol. The molecule has 2 aliphatic heterocycles. The monoisotopic (exact) mass is 340 g/mol. The standard InChI is InChI=1S/C21H25FN2O/c1-24(14-17-4-2-3-16-9-11-23-21(16)17)19-10-12-25-20(13-19)15-5-7-18(22)8-6-15/h2-8,19-20,23H,9-14H2,1H3. The summed E-state index contributed by atoms with van der Waals surface area (Å²) in [6.07, 6.45) is 3.17. The average molecular weight is 340 g/mol. The quantitative estimate of drug-likeness (QED) is 0.905. The lowest BCUT2D eigenvalue weighted by Gasteiger charge is -2.36. The van der Waals surface area contributed by atoms with Crippen molar-refractivity contribution in [2.24, 2.45) is 0 Å². The van der Waals surface area contributed by atoms with E-state index in [2.05, 4.69) is 35.5 Å². The van der Waals surface area contributed by atoms with Crippen molar-refractivity contribution >= 4 is 5.69 Å². The number of para-hydroxylation sites is 1. The van der Waals surface area contributed by atoms with Crippen LogP contribution in [0, 0.1) is 5.82 Å². The van der Waals surface area contributed by atoms with E-state index in [1.54, 1.807) is 0 Å². The first-order valence-electron chi connectivity index (χ1n) is 9.12. The van der Waals surface area contributed by atoms with Gasteiger partial charge in [-0.2, -0.15) is 0 Å². The highest BCUT2D eigenvalue weighted by Gasteiger charge is 2.27. The second-order valence-electron chi connectivity index (χ2n) is 7.13. The molecule has 4 heteroatoms. The maximum Gasteiger partial charge on any atom is 0.123 e. The van der Waals surface area contributed by atoms with E-state index in [1.807, 2.05) is 12.1 Å². The minimum absolute atomic E-state index is 0.0569. The molecule has 2 heterocycles. The van der Waals surface area contributed by atoms with Crippen molar-refractivity contribution in [3.8, 4) is 0 Å². The Morgan fingerprint density at radius 3 is 2.88 bits per heavy atom. The van der Waals surface area contributed by atoms with Crippen molar-refractivity contribution in [3.05, 3.63) is 65.0 Å². The lowest BCUT2D eigenvalue weighted by molar-refractivity contribution is -0.0249. The van der Waals surface area contributed by atoms with Gasteiger partial charge in [0.15, 0.2) is 0 Å². The number of anilines is 1. The van der Waals surface area contributed by atoms with Gasteiger partial charge in [-0.15, -0.1) is 0 Å². The second kappa shape index (κ2) is 7.14. The number of rotatable bonds is 4. The summed E-state index contributed by atoms with van der Waals surface area (Å²) >= 11 is 0. The van der Waals surface area contributed by atoms with Crippen LogP contribution in [0.25, 0.3) is 0 Å². The van der Waals surface area contributed by atoms with Gasteiger partial charge in [0.2, 0.25) is 0 Å². The van der Waals surface area contributed by atoms with Crippen LogP contribution in [-0.2, 0) is 17.7 Å². The van der Waals surface area contributed by atoms with Crippen molar-refractivity contribution in [1.82, 2.24) is 4.90 Å². The molecule has 2 aromatic rings. The van der Waals surface area contributed by atoms with Gasteiger partial charge in [-0.1, -0.05) is 30.3 Å². The number of ether oxygens (including phenoxy) is 1. The third kappa shape index (κ3) is 3.55. The van der Waals surface area contributed by atoms with Gasteiger partial charge >= 0.3 is 0 Å². The molecule has 1 fully saturated rings. The van der Waals surface area contributed by atoms with E-state index in [9.17, 15) is 4.39 Å². The molecule has 1 N–H and O–H groups in total. The van der Waals surface area contributed by atoms with Crippen LogP contribution in [-0.4, -0.2) is 31.1 Å². The van der Waals surface area contributed by atoms with E-state index < -0.39 is 0 Å². The molecule has 25 heavy (non-hydrogen) atoms. The Morgan fingerprint density at radius 1 is 1.20 bits per heavy atom. The molecule has 0 radical (unpaired) electrons. The van der Waals surface area contributed by atoms with Gasteiger partial charge in [0.25, 0.3) is 0 Å². The van der Waals surface area contributed by atoms with Gasteiger partial charge in [-0.3, -0.25) is 4.90 Å². The topological polar surface area (TPSA) is 24.5 Å². The summed E-state index contributed by atoms with van der Waals surface area (Å²) in [6.45, 7) is 2.74. The largest absolute Gasteiger partial charge is 0.384 e. The van der Waals surface area contributed by atoms with E-state index >= 15 is 0 Å². The normalized spacial score (nSPS) is 22.7. The summed E-state index contributed by atoms with van der Waals surface area (Å²) in [7, 11) is 2.20. The summed E-state index contributed by atoms with van der Waals surface area (Å²) in [6, 6.07) is 13.8. The fourth-order valence-corrected chi connectivity index (χ4v) is 4.03. The molecule has 0 aromatic heterocycles.